The van der Waals surface area contributed by atoms with Crippen molar-refractivity contribution >= 4 is 0 Å². The van der Waals surface area contributed by atoms with Crippen LogP contribution >= 0.6 is 0 Å². The van der Waals surface area contributed by atoms with Crippen molar-refractivity contribution in [2.75, 3.05) is 13.1 Å². The Bertz CT molecular complexity index is 592. The van der Waals surface area contributed by atoms with Gasteiger partial charge < -0.3 is 10.4 Å². The third-order valence-electron chi connectivity index (χ3n) is 4.59. The summed E-state index contributed by atoms with van der Waals surface area (Å²) in [5, 5.41) is 14.5. The number of rotatable bonds is 10. The molecule has 0 saturated carbocycles. The lowest BCUT2D eigenvalue weighted by molar-refractivity contribution is 0.0486. The molecule has 2 nitrogen and oxygen atoms in total. The highest BCUT2D eigenvalue weighted by Crippen LogP contribution is 2.33. The average Bonchev–Trinajstić information content (AvgIpc) is 2.62. The highest BCUT2D eigenvalue weighted by molar-refractivity contribution is 5.68. The fourth-order valence-electron chi connectivity index (χ4n) is 3.09. The Morgan fingerprint density at radius 3 is 2.33 bits per heavy atom. The first kappa shape index (κ1) is 18.7. The molecule has 130 valence electrons. The Kier molecular flexibility index (Phi) is 7.48. The number of benzene rings is 2. The zero-order valence-corrected chi connectivity index (χ0v) is 15.1. The third-order valence-corrected chi connectivity index (χ3v) is 4.59. The minimum atomic E-state index is -0.831. The standard InChI is InChI=1S/C22H31NO/c1-3-4-5-11-17-23-18-16-22(2,24)21-15-10-9-14-20(21)19-12-7-6-8-13-19/h6-10,12-15,23-24H,3-5,11,16-18H2,1-2H3. The van der Waals surface area contributed by atoms with E-state index in [1.807, 2.05) is 43.3 Å². The predicted molar refractivity (Wildman–Crippen MR) is 103 cm³/mol. The monoisotopic (exact) mass is 325 g/mol. The smallest absolute Gasteiger partial charge is 0.0886 e. The van der Waals surface area contributed by atoms with Crippen molar-refractivity contribution in [3.8, 4) is 11.1 Å². The maximum atomic E-state index is 11.0. The zero-order chi connectivity index (χ0) is 17.3. The van der Waals surface area contributed by atoms with Gasteiger partial charge in [0.2, 0.25) is 0 Å². The van der Waals surface area contributed by atoms with Gasteiger partial charge in [0.1, 0.15) is 0 Å². The number of hydrogen-bond acceptors (Lipinski definition) is 2. The first-order valence-electron chi connectivity index (χ1n) is 9.23. The van der Waals surface area contributed by atoms with Gasteiger partial charge in [0.15, 0.2) is 0 Å². The topological polar surface area (TPSA) is 32.3 Å². The van der Waals surface area contributed by atoms with E-state index < -0.39 is 5.60 Å². The minimum absolute atomic E-state index is 0.713. The molecule has 0 aliphatic rings. The molecule has 0 heterocycles. The predicted octanol–water partition coefficient (Wildman–Crippen LogP) is 5.12. The van der Waals surface area contributed by atoms with Crippen LogP contribution < -0.4 is 5.32 Å². The van der Waals surface area contributed by atoms with Crippen molar-refractivity contribution in [3.63, 3.8) is 0 Å². The van der Waals surface area contributed by atoms with Crippen LogP contribution in [0.2, 0.25) is 0 Å². The second-order valence-corrected chi connectivity index (χ2v) is 6.75. The molecule has 0 saturated heterocycles. The van der Waals surface area contributed by atoms with Crippen LogP contribution in [0.15, 0.2) is 54.6 Å². The van der Waals surface area contributed by atoms with Gasteiger partial charge >= 0.3 is 0 Å². The number of nitrogens with one attached hydrogen (secondary N) is 1. The Hall–Kier alpha value is -1.64. The molecular formula is C22H31NO. The van der Waals surface area contributed by atoms with E-state index in [4.69, 9.17) is 0 Å². The quantitative estimate of drug-likeness (QED) is 0.594. The Labute approximate surface area is 146 Å². The molecule has 0 bridgehead atoms. The molecule has 2 N–H and O–H groups in total. The van der Waals surface area contributed by atoms with Crippen LogP contribution in [0.5, 0.6) is 0 Å². The van der Waals surface area contributed by atoms with E-state index in [1.54, 1.807) is 0 Å². The van der Waals surface area contributed by atoms with Crippen LogP contribution in [0.25, 0.3) is 11.1 Å². The molecule has 1 unspecified atom stereocenters. The molecule has 0 fully saturated rings. The molecule has 0 aromatic heterocycles. The third kappa shape index (κ3) is 5.47. The van der Waals surface area contributed by atoms with Crippen LogP contribution in [-0.2, 0) is 5.60 Å². The van der Waals surface area contributed by atoms with Crippen molar-refractivity contribution in [2.45, 2.75) is 51.6 Å². The van der Waals surface area contributed by atoms with Crippen LogP contribution in [-0.4, -0.2) is 18.2 Å². The largest absolute Gasteiger partial charge is 0.385 e. The molecule has 2 rings (SSSR count). The highest BCUT2D eigenvalue weighted by Gasteiger charge is 2.25. The molecule has 0 aliphatic carbocycles. The lowest BCUT2D eigenvalue weighted by Gasteiger charge is -2.27. The molecule has 2 heteroatoms. The van der Waals surface area contributed by atoms with Crippen molar-refractivity contribution < 1.29 is 5.11 Å². The fraction of sp³-hybridized carbons (Fsp3) is 0.455. The molecule has 0 spiro atoms. The lowest BCUT2D eigenvalue weighted by Crippen LogP contribution is -2.29. The van der Waals surface area contributed by atoms with Gasteiger partial charge in [-0.15, -0.1) is 0 Å². The summed E-state index contributed by atoms with van der Waals surface area (Å²) in [7, 11) is 0. The average molecular weight is 325 g/mol. The van der Waals surface area contributed by atoms with Crippen LogP contribution in [0.1, 0.15) is 51.5 Å². The van der Waals surface area contributed by atoms with E-state index in [-0.39, 0.29) is 0 Å². The molecule has 0 amide bonds. The Morgan fingerprint density at radius 2 is 1.58 bits per heavy atom. The normalized spacial score (nSPS) is 13.6. The van der Waals surface area contributed by atoms with Gasteiger partial charge in [-0.1, -0.05) is 80.8 Å². The summed E-state index contributed by atoms with van der Waals surface area (Å²) in [6.45, 7) is 6.03. The first-order chi connectivity index (χ1) is 11.6. The zero-order valence-electron chi connectivity index (χ0n) is 15.1. The molecular weight excluding hydrogens is 294 g/mol. The second kappa shape index (κ2) is 9.61. The van der Waals surface area contributed by atoms with E-state index >= 15 is 0 Å². The maximum Gasteiger partial charge on any atom is 0.0886 e. The van der Waals surface area contributed by atoms with Gasteiger partial charge in [-0.05, 0) is 49.5 Å². The molecule has 1 atom stereocenters. The summed E-state index contributed by atoms with van der Waals surface area (Å²) in [4.78, 5) is 0. The summed E-state index contributed by atoms with van der Waals surface area (Å²) in [6.07, 6.45) is 5.80. The van der Waals surface area contributed by atoms with Gasteiger partial charge in [-0.3, -0.25) is 0 Å². The molecule has 24 heavy (non-hydrogen) atoms. The molecule has 0 radical (unpaired) electrons. The fourth-order valence-corrected chi connectivity index (χ4v) is 3.09. The first-order valence-corrected chi connectivity index (χ1v) is 9.23. The summed E-state index contributed by atoms with van der Waals surface area (Å²) in [5.74, 6) is 0. The Morgan fingerprint density at radius 1 is 0.875 bits per heavy atom. The highest BCUT2D eigenvalue weighted by atomic mass is 16.3. The van der Waals surface area contributed by atoms with Gasteiger partial charge in [-0.2, -0.15) is 0 Å². The van der Waals surface area contributed by atoms with Crippen LogP contribution in [0, 0.1) is 0 Å². The van der Waals surface area contributed by atoms with E-state index in [2.05, 4.69) is 30.4 Å². The maximum absolute atomic E-state index is 11.0. The van der Waals surface area contributed by atoms with Crippen molar-refractivity contribution in [1.82, 2.24) is 5.32 Å². The molecule has 2 aromatic carbocycles. The summed E-state index contributed by atoms with van der Waals surface area (Å²) < 4.78 is 0. The molecule has 0 aliphatic heterocycles. The van der Waals surface area contributed by atoms with Gasteiger partial charge in [0.05, 0.1) is 5.60 Å². The molecule has 2 aromatic rings. The van der Waals surface area contributed by atoms with E-state index in [0.717, 1.165) is 29.8 Å². The van der Waals surface area contributed by atoms with Crippen LogP contribution in [0.3, 0.4) is 0 Å². The SMILES string of the molecule is CCCCCCNCCC(C)(O)c1ccccc1-c1ccccc1. The van der Waals surface area contributed by atoms with Crippen molar-refractivity contribution in [1.29, 1.82) is 0 Å². The van der Waals surface area contributed by atoms with E-state index in [9.17, 15) is 5.11 Å². The second-order valence-electron chi connectivity index (χ2n) is 6.75. The lowest BCUT2D eigenvalue weighted by atomic mass is 9.86. The van der Waals surface area contributed by atoms with E-state index in [0.29, 0.717) is 6.42 Å². The number of aliphatic hydroxyl groups is 1. The summed E-state index contributed by atoms with van der Waals surface area (Å²) in [6, 6.07) is 18.5. The van der Waals surface area contributed by atoms with Gasteiger partial charge in [-0.25, -0.2) is 0 Å². The van der Waals surface area contributed by atoms with Gasteiger partial charge in [0, 0.05) is 0 Å². The summed E-state index contributed by atoms with van der Waals surface area (Å²) >= 11 is 0. The van der Waals surface area contributed by atoms with Crippen molar-refractivity contribution in [3.05, 3.63) is 60.2 Å². The van der Waals surface area contributed by atoms with Crippen molar-refractivity contribution in [2.24, 2.45) is 0 Å². The summed E-state index contributed by atoms with van der Waals surface area (Å²) in [5.41, 5.74) is 2.44. The number of unbranched alkanes of at least 4 members (excludes halogenated alkanes) is 3. The van der Waals surface area contributed by atoms with E-state index in [1.165, 1.54) is 25.7 Å². The minimum Gasteiger partial charge on any atom is -0.385 e. The van der Waals surface area contributed by atoms with Gasteiger partial charge in [0.25, 0.3) is 0 Å². The Balaban J connectivity index is 1.97. The number of hydrogen-bond donors (Lipinski definition) is 2. The van der Waals surface area contributed by atoms with Crippen LogP contribution in [0.4, 0.5) is 0 Å².